The van der Waals surface area contributed by atoms with Gasteiger partial charge in [-0.2, -0.15) is 0 Å². The van der Waals surface area contributed by atoms with Crippen molar-refractivity contribution in [1.82, 2.24) is 4.90 Å². The van der Waals surface area contributed by atoms with Crippen molar-refractivity contribution >= 4 is 0 Å². The van der Waals surface area contributed by atoms with Crippen LogP contribution in [0, 0.1) is 5.92 Å². The van der Waals surface area contributed by atoms with Gasteiger partial charge in [0.15, 0.2) is 0 Å². The van der Waals surface area contributed by atoms with E-state index >= 15 is 0 Å². The summed E-state index contributed by atoms with van der Waals surface area (Å²) < 4.78 is 0. The lowest BCUT2D eigenvalue weighted by Gasteiger charge is -2.40. The first-order valence-corrected chi connectivity index (χ1v) is 8.69. The summed E-state index contributed by atoms with van der Waals surface area (Å²) in [5.74, 6) is 0.856. The molecule has 1 saturated heterocycles. The van der Waals surface area contributed by atoms with E-state index in [1.165, 1.54) is 19.5 Å². The van der Waals surface area contributed by atoms with E-state index in [0.717, 1.165) is 37.2 Å². The lowest BCUT2D eigenvalue weighted by Crippen LogP contribution is -2.41. The van der Waals surface area contributed by atoms with Gasteiger partial charge in [0, 0.05) is 12.6 Å². The summed E-state index contributed by atoms with van der Waals surface area (Å²) in [6, 6.07) is 10.9. The highest BCUT2D eigenvalue weighted by atomic mass is 16.3. The average molecular weight is 289 g/mol. The quantitative estimate of drug-likeness (QED) is 0.882. The molecule has 0 amide bonds. The minimum absolute atomic E-state index is 0.580. The molecule has 1 aliphatic heterocycles. The highest BCUT2D eigenvalue weighted by Gasteiger charge is 2.37. The van der Waals surface area contributed by atoms with Crippen LogP contribution < -0.4 is 0 Å². The van der Waals surface area contributed by atoms with Crippen LogP contribution in [-0.2, 0) is 5.60 Å². The molecule has 2 heteroatoms. The molecule has 1 unspecified atom stereocenters. The van der Waals surface area contributed by atoms with Crippen LogP contribution in [0.15, 0.2) is 30.3 Å². The van der Waals surface area contributed by atoms with Gasteiger partial charge in [0.2, 0.25) is 0 Å². The van der Waals surface area contributed by atoms with Crippen LogP contribution in [-0.4, -0.2) is 29.1 Å². The molecule has 1 N–H and O–H groups in total. The second-order valence-corrected chi connectivity index (χ2v) is 6.52. The van der Waals surface area contributed by atoms with Crippen molar-refractivity contribution in [3.8, 4) is 0 Å². The summed E-state index contributed by atoms with van der Waals surface area (Å²) in [7, 11) is 0. The molecule has 1 aromatic carbocycles. The second kappa shape index (κ2) is 7.42. The monoisotopic (exact) mass is 289 g/mol. The maximum absolute atomic E-state index is 10.8. The molecule has 21 heavy (non-hydrogen) atoms. The number of likely N-dealkylation sites (tertiary alicyclic amines) is 1. The molecule has 1 atom stereocenters. The van der Waals surface area contributed by atoms with E-state index in [1.54, 1.807) is 0 Å². The first-order valence-electron chi connectivity index (χ1n) is 8.69. The molecule has 2 nitrogen and oxygen atoms in total. The molecule has 2 fully saturated rings. The zero-order chi connectivity index (χ0) is 15.3. The Labute approximate surface area is 130 Å². The average Bonchev–Trinajstić information content (AvgIpc) is 2.97. The van der Waals surface area contributed by atoms with Crippen LogP contribution in [0.3, 0.4) is 0 Å². The predicted octanol–water partition coefficient (Wildman–Crippen LogP) is 4.18. The fourth-order valence-corrected chi connectivity index (χ4v) is 3.78. The standard InChI is InChI=1S/C17H25NO.C2H6/c1-14-9-12-18(13-14)16-7-10-17(19,11-8-16)15-5-3-2-4-6-15;1-2/h2-6,14,16,19H,7-13H2,1H3;1-2H3. The van der Waals surface area contributed by atoms with Crippen molar-refractivity contribution in [3.05, 3.63) is 35.9 Å². The molecule has 1 aromatic rings. The van der Waals surface area contributed by atoms with Gasteiger partial charge < -0.3 is 10.0 Å². The number of benzene rings is 1. The summed E-state index contributed by atoms with van der Waals surface area (Å²) in [4.78, 5) is 2.65. The molecule has 0 aromatic heterocycles. The minimum atomic E-state index is -0.580. The van der Waals surface area contributed by atoms with E-state index in [-0.39, 0.29) is 0 Å². The SMILES string of the molecule is CC.CC1CCN(C2CCC(O)(c3ccccc3)CC2)C1. The first-order chi connectivity index (χ1) is 10.2. The first kappa shape index (κ1) is 16.5. The molecule has 2 aliphatic rings. The molecule has 3 rings (SSSR count). The smallest absolute Gasteiger partial charge is 0.0897 e. The van der Waals surface area contributed by atoms with Gasteiger partial charge in [-0.25, -0.2) is 0 Å². The van der Waals surface area contributed by atoms with Crippen molar-refractivity contribution in [2.24, 2.45) is 5.92 Å². The Morgan fingerprint density at radius 1 is 1.05 bits per heavy atom. The largest absolute Gasteiger partial charge is 0.385 e. The molecule has 1 saturated carbocycles. The highest BCUT2D eigenvalue weighted by molar-refractivity contribution is 5.23. The third-order valence-corrected chi connectivity index (χ3v) is 5.07. The third kappa shape index (κ3) is 3.87. The Kier molecular flexibility index (Phi) is 5.83. The summed E-state index contributed by atoms with van der Waals surface area (Å²) >= 11 is 0. The maximum atomic E-state index is 10.8. The fraction of sp³-hybridized carbons (Fsp3) is 0.684. The molecule has 0 radical (unpaired) electrons. The van der Waals surface area contributed by atoms with E-state index in [4.69, 9.17) is 0 Å². The van der Waals surface area contributed by atoms with Crippen LogP contribution in [0.2, 0.25) is 0 Å². The Bertz CT molecular complexity index is 409. The minimum Gasteiger partial charge on any atom is -0.385 e. The zero-order valence-corrected chi connectivity index (χ0v) is 13.9. The topological polar surface area (TPSA) is 23.5 Å². The Morgan fingerprint density at radius 3 is 2.19 bits per heavy atom. The number of hydrogen-bond donors (Lipinski definition) is 1. The fourth-order valence-electron chi connectivity index (χ4n) is 3.78. The molecular weight excluding hydrogens is 258 g/mol. The Hall–Kier alpha value is -0.860. The van der Waals surface area contributed by atoms with Gasteiger partial charge in [0.05, 0.1) is 5.60 Å². The predicted molar refractivity (Wildman–Crippen MR) is 89.3 cm³/mol. The molecule has 0 spiro atoms. The van der Waals surface area contributed by atoms with Crippen LogP contribution in [0.1, 0.15) is 58.4 Å². The summed E-state index contributed by atoms with van der Waals surface area (Å²) in [6.07, 6.45) is 5.44. The second-order valence-electron chi connectivity index (χ2n) is 6.52. The van der Waals surface area contributed by atoms with Crippen LogP contribution in [0.5, 0.6) is 0 Å². The number of nitrogens with zero attached hydrogens (tertiary/aromatic N) is 1. The zero-order valence-electron chi connectivity index (χ0n) is 13.9. The van der Waals surface area contributed by atoms with Crippen LogP contribution in [0.4, 0.5) is 0 Å². The molecule has 1 aliphatic carbocycles. The summed E-state index contributed by atoms with van der Waals surface area (Å²) in [5.41, 5.74) is 0.520. The van der Waals surface area contributed by atoms with E-state index in [2.05, 4.69) is 24.0 Å². The Balaban J connectivity index is 0.000000774. The molecule has 1 heterocycles. The van der Waals surface area contributed by atoms with Crippen molar-refractivity contribution in [3.63, 3.8) is 0 Å². The van der Waals surface area contributed by atoms with Crippen LogP contribution >= 0.6 is 0 Å². The van der Waals surface area contributed by atoms with Crippen molar-refractivity contribution < 1.29 is 5.11 Å². The van der Waals surface area contributed by atoms with Gasteiger partial charge in [-0.1, -0.05) is 51.1 Å². The normalized spacial score (nSPS) is 33.3. The van der Waals surface area contributed by atoms with E-state index in [0.29, 0.717) is 6.04 Å². The number of aliphatic hydroxyl groups is 1. The van der Waals surface area contributed by atoms with E-state index < -0.39 is 5.60 Å². The summed E-state index contributed by atoms with van der Waals surface area (Å²) in [5, 5.41) is 10.8. The molecule has 0 bridgehead atoms. The van der Waals surface area contributed by atoms with Crippen molar-refractivity contribution in [2.75, 3.05) is 13.1 Å². The molecule has 118 valence electrons. The van der Waals surface area contributed by atoms with Gasteiger partial charge in [-0.05, 0) is 50.1 Å². The lowest BCUT2D eigenvalue weighted by atomic mass is 9.77. The lowest BCUT2D eigenvalue weighted by molar-refractivity contribution is -0.0224. The highest BCUT2D eigenvalue weighted by Crippen LogP contribution is 2.39. The van der Waals surface area contributed by atoms with Gasteiger partial charge in [-0.3, -0.25) is 0 Å². The van der Waals surface area contributed by atoms with Gasteiger partial charge >= 0.3 is 0 Å². The molecular formula is C19H31NO. The third-order valence-electron chi connectivity index (χ3n) is 5.07. The van der Waals surface area contributed by atoms with Crippen LogP contribution in [0.25, 0.3) is 0 Å². The van der Waals surface area contributed by atoms with Gasteiger partial charge in [-0.15, -0.1) is 0 Å². The van der Waals surface area contributed by atoms with E-state index in [1.807, 2.05) is 32.0 Å². The number of hydrogen-bond acceptors (Lipinski definition) is 2. The van der Waals surface area contributed by atoms with Gasteiger partial charge in [0.1, 0.15) is 0 Å². The maximum Gasteiger partial charge on any atom is 0.0897 e. The van der Waals surface area contributed by atoms with Gasteiger partial charge in [0.25, 0.3) is 0 Å². The Morgan fingerprint density at radius 2 is 1.67 bits per heavy atom. The number of rotatable bonds is 2. The van der Waals surface area contributed by atoms with Crippen molar-refractivity contribution in [1.29, 1.82) is 0 Å². The summed E-state index contributed by atoms with van der Waals surface area (Å²) in [6.45, 7) is 8.87. The van der Waals surface area contributed by atoms with E-state index in [9.17, 15) is 5.11 Å². The van der Waals surface area contributed by atoms with Crippen molar-refractivity contribution in [2.45, 2.75) is 64.5 Å².